The van der Waals surface area contributed by atoms with Crippen molar-refractivity contribution in [3.63, 3.8) is 0 Å². The van der Waals surface area contributed by atoms with Gasteiger partial charge in [-0.2, -0.15) is 0 Å². The van der Waals surface area contributed by atoms with Crippen LogP contribution in [0, 0.1) is 0 Å². The van der Waals surface area contributed by atoms with Crippen molar-refractivity contribution in [2.24, 2.45) is 5.73 Å². The number of aliphatic hydroxyl groups excluding tert-OH is 1. The molecule has 3 nitrogen and oxygen atoms in total. The maximum atomic E-state index is 8.27. The van der Waals surface area contributed by atoms with E-state index in [1.165, 1.54) is 0 Å². The Morgan fingerprint density at radius 3 is 2.75 bits per heavy atom. The lowest BCUT2D eigenvalue weighted by Crippen LogP contribution is -2.37. The molecule has 8 heavy (non-hydrogen) atoms. The van der Waals surface area contributed by atoms with Gasteiger partial charge in [-0.3, -0.25) is 5.32 Å². The quantitative estimate of drug-likeness (QED) is 0.441. The van der Waals surface area contributed by atoms with Crippen LogP contribution >= 0.6 is 0 Å². The molecule has 0 aliphatic carbocycles. The maximum Gasteiger partial charge on any atom is 0.0943 e. The third-order valence-corrected chi connectivity index (χ3v) is 0.953. The molecule has 0 heterocycles. The summed E-state index contributed by atoms with van der Waals surface area (Å²) in [6.45, 7) is 2.03. The van der Waals surface area contributed by atoms with Crippen LogP contribution in [0.2, 0.25) is 0 Å². The lowest BCUT2D eigenvalue weighted by molar-refractivity contribution is 0.238. The van der Waals surface area contributed by atoms with Gasteiger partial charge in [0.05, 0.1) is 12.9 Å². The minimum Gasteiger partial charge on any atom is -0.381 e. The Labute approximate surface area is 49.9 Å². The van der Waals surface area contributed by atoms with Crippen LogP contribution in [0.15, 0.2) is 0 Å². The fourth-order valence-corrected chi connectivity index (χ4v) is 0.530. The van der Waals surface area contributed by atoms with E-state index in [1.54, 1.807) is 0 Å². The van der Waals surface area contributed by atoms with Gasteiger partial charge in [-0.25, -0.2) is 0 Å². The number of nitrogens with one attached hydrogen (secondary N) is 1. The van der Waals surface area contributed by atoms with Gasteiger partial charge in [-0.1, -0.05) is 13.3 Å². The summed E-state index contributed by atoms with van der Waals surface area (Å²) in [7, 11) is 0. The molecule has 0 aromatic rings. The predicted molar refractivity (Wildman–Crippen MR) is 33.1 cm³/mol. The van der Waals surface area contributed by atoms with E-state index in [1.807, 2.05) is 0 Å². The smallest absolute Gasteiger partial charge is 0.0943 e. The maximum absolute atomic E-state index is 8.27. The predicted octanol–water partition coefficient (Wildman–Crippen LogP) is -0.389. The zero-order valence-electron chi connectivity index (χ0n) is 5.22. The molecule has 0 saturated carbocycles. The Hall–Kier alpha value is -0.120. The number of rotatable bonds is 4. The Morgan fingerprint density at radius 1 is 1.75 bits per heavy atom. The molecular weight excluding hydrogens is 104 g/mol. The second-order valence-electron chi connectivity index (χ2n) is 1.76. The summed E-state index contributed by atoms with van der Waals surface area (Å²) in [6, 6.07) is 0. The third-order valence-electron chi connectivity index (χ3n) is 0.953. The van der Waals surface area contributed by atoms with Crippen molar-refractivity contribution >= 4 is 0 Å². The third kappa shape index (κ3) is 4.05. The molecule has 0 saturated heterocycles. The van der Waals surface area contributed by atoms with E-state index in [0.29, 0.717) is 0 Å². The van der Waals surface area contributed by atoms with E-state index in [4.69, 9.17) is 10.8 Å². The van der Waals surface area contributed by atoms with Gasteiger partial charge < -0.3 is 10.8 Å². The van der Waals surface area contributed by atoms with Crippen LogP contribution < -0.4 is 11.1 Å². The van der Waals surface area contributed by atoms with Gasteiger partial charge in [0.2, 0.25) is 0 Å². The van der Waals surface area contributed by atoms with Crippen molar-refractivity contribution in [3.05, 3.63) is 0 Å². The Kier molecular flexibility index (Phi) is 4.95. The number of hydrogen-bond donors (Lipinski definition) is 3. The zero-order valence-corrected chi connectivity index (χ0v) is 5.22. The fourth-order valence-electron chi connectivity index (χ4n) is 0.530. The second-order valence-corrected chi connectivity index (χ2v) is 1.76. The first-order valence-corrected chi connectivity index (χ1v) is 2.91. The zero-order chi connectivity index (χ0) is 6.41. The average Bonchev–Trinajstić information content (AvgIpc) is 1.68. The molecular formula is C5H14N2O. The van der Waals surface area contributed by atoms with E-state index in [2.05, 4.69) is 12.2 Å². The molecule has 0 aromatic heterocycles. The van der Waals surface area contributed by atoms with Gasteiger partial charge in [-0.15, -0.1) is 0 Å². The summed E-state index contributed by atoms with van der Waals surface area (Å²) >= 11 is 0. The minimum atomic E-state index is -0.0370. The molecule has 0 radical (unpaired) electrons. The highest BCUT2D eigenvalue weighted by Crippen LogP contribution is 1.86. The van der Waals surface area contributed by atoms with Crippen molar-refractivity contribution in [3.8, 4) is 0 Å². The molecule has 0 aliphatic rings. The van der Waals surface area contributed by atoms with Crippen molar-refractivity contribution in [2.45, 2.75) is 25.9 Å². The standard InChI is InChI=1S/C5H14N2O/c1-2-3-5(6)7-4-8/h5,7-8H,2-4,6H2,1H3. The molecule has 0 aliphatic heterocycles. The normalized spacial score (nSPS) is 13.9. The first-order chi connectivity index (χ1) is 3.81. The van der Waals surface area contributed by atoms with Gasteiger partial charge in [0.15, 0.2) is 0 Å². The lowest BCUT2D eigenvalue weighted by atomic mass is 10.3. The number of hydrogen-bond acceptors (Lipinski definition) is 3. The highest BCUT2D eigenvalue weighted by molar-refractivity contribution is 4.52. The molecule has 1 atom stereocenters. The van der Waals surface area contributed by atoms with Crippen LogP contribution in [-0.2, 0) is 0 Å². The summed E-state index contributed by atoms with van der Waals surface area (Å²) in [5, 5.41) is 11.0. The second kappa shape index (κ2) is 5.03. The first-order valence-electron chi connectivity index (χ1n) is 2.91. The van der Waals surface area contributed by atoms with E-state index in [0.717, 1.165) is 12.8 Å². The molecule has 0 bridgehead atoms. The Morgan fingerprint density at radius 2 is 2.38 bits per heavy atom. The average molecular weight is 118 g/mol. The Bertz CT molecular complexity index is 43.7. The van der Waals surface area contributed by atoms with Crippen molar-refractivity contribution in [2.75, 3.05) is 6.73 Å². The minimum absolute atomic E-state index is 0.0266. The SMILES string of the molecule is CCCC(N)NCO. The van der Waals surface area contributed by atoms with Gasteiger partial charge in [0.25, 0.3) is 0 Å². The summed E-state index contributed by atoms with van der Waals surface area (Å²) in [5.74, 6) is 0. The molecule has 0 rings (SSSR count). The van der Waals surface area contributed by atoms with Crippen LogP contribution in [0.4, 0.5) is 0 Å². The van der Waals surface area contributed by atoms with E-state index in [-0.39, 0.29) is 12.9 Å². The van der Waals surface area contributed by atoms with Gasteiger partial charge in [0, 0.05) is 0 Å². The van der Waals surface area contributed by atoms with Crippen molar-refractivity contribution in [1.82, 2.24) is 5.32 Å². The fraction of sp³-hybridized carbons (Fsp3) is 1.00. The van der Waals surface area contributed by atoms with Crippen molar-refractivity contribution < 1.29 is 5.11 Å². The number of aliphatic hydroxyl groups is 1. The van der Waals surface area contributed by atoms with Crippen LogP contribution in [0.25, 0.3) is 0 Å². The Balaban J connectivity index is 2.92. The number of nitrogens with two attached hydrogens (primary N) is 1. The van der Waals surface area contributed by atoms with Crippen LogP contribution in [-0.4, -0.2) is 18.0 Å². The largest absolute Gasteiger partial charge is 0.381 e. The highest BCUT2D eigenvalue weighted by atomic mass is 16.3. The van der Waals surface area contributed by atoms with Gasteiger partial charge in [0.1, 0.15) is 0 Å². The van der Waals surface area contributed by atoms with E-state index < -0.39 is 0 Å². The molecule has 50 valence electrons. The lowest BCUT2D eigenvalue weighted by Gasteiger charge is -2.08. The van der Waals surface area contributed by atoms with Crippen LogP contribution in [0.1, 0.15) is 19.8 Å². The van der Waals surface area contributed by atoms with Crippen LogP contribution in [0.3, 0.4) is 0 Å². The monoisotopic (exact) mass is 118 g/mol. The van der Waals surface area contributed by atoms with Crippen LogP contribution in [0.5, 0.6) is 0 Å². The van der Waals surface area contributed by atoms with E-state index in [9.17, 15) is 0 Å². The molecule has 0 spiro atoms. The van der Waals surface area contributed by atoms with Crippen molar-refractivity contribution in [1.29, 1.82) is 0 Å². The summed E-state index contributed by atoms with van der Waals surface area (Å²) < 4.78 is 0. The molecule has 0 fully saturated rings. The molecule has 1 unspecified atom stereocenters. The molecule has 4 N–H and O–H groups in total. The summed E-state index contributed by atoms with van der Waals surface area (Å²) in [5.41, 5.74) is 5.42. The molecule has 3 heteroatoms. The summed E-state index contributed by atoms with van der Waals surface area (Å²) in [6.07, 6.45) is 1.93. The first kappa shape index (κ1) is 7.88. The van der Waals surface area contributed by atoms with Gasteiger partial charge in [-0.05, 0) is 6.42 Å². The molecule has 0 aromatic carbocycles. The van der Waals surface area contributed by atoms with Gasteiger partial charge >= 0.3 is 0 Å². The highest BCUT2D eigenvalue weighted by Gasteiger charge is 1.94. The topological polar surface area (TPSA) is 58.3 Å². The van der Waals surface area contributed by atoms with E-state index >= 15 is 0 Å². The molecule has 0 amide bonds. The summed E-state index contributed by atoms with van der Waals surface area (Å²) in [4.78, 5) is 0.